The van der Waals surface area contributed by atoms with Crippen LogP contribution in [0.4, 0.5) is 11.4 Å². The largest absolute Gasteiger partial charge is 0.497 e. The van der Waals surface area contributed by atoms with E-state index in [1.165, 1.54) is 0 Å². The number of aryl methyl sites for hydroxylation is 1. The van der Waals surface area contributed by atoms with Crippen molar-refractivity contribution in [3.8, 4) is 11.5 Å². The van der Waals surface area contributed by atoms with Gasteiger partial charge in [-0.15, -0.1) is 0 Å². The molecule has 0 spiro atoms. The Kier molecular flexibility index (Phi) is 5.89. The second-order valence-corrected chi connectivity index (χ2v) is 7.17. The highest BCUT2D eigenvalue weighted by Gasteiger charge is 2.26. The Morgan fingerprint density at radius 2 is 1.88 bits per heavy atom. The average molecular weight is 363 g/mol. The van der Waals surface area contributed by atoms with Gasteiger partial charge in [-0.1, -0.05) is 7.43 Å². The lowest BCUT2D eigenvalue weighted by Gasteiger charge is -2.15. The third kappa shape index (κ3) is 3.71. The SMILES string of the molecule is C.COc1ccc2c(c1)NC(S(=O)Cc1ncc(C)c(OC)c1C)N2. The van der Waals surface area contributed by atoms with E-state index in [-0.39, 0.29) is 12.9 Å². The standard InChI is InChI=1S/C17H21N3O3S.CH4/c1-10-8-18-15(11(2)16(10)23-4)9-24(21)17-19-13-6-5-12(22-3)7-14(13)20-17;/h5-8,17,19-20H,9H2,1-4H3;1H4. The lowest BCUT2D eigenvalue weighted by molar-refractivity contribution is 0.407. The number of benzene rings is 1. The summed E-state index contributed by atoms with van der Waals surface area (Å²) in [6.45, 7) is 3.89. The highest BCUT2D eigenvalue weighted by Crippen LogP contribution is 2.34. The van der Waals surface area contributed by atoms with Crippen molar-refractivity contribution >= 4 is 22.2 Å². The van der Waals surface area contributed by atoms with Crippen LogP contribution in [0.2, 0.25) is 0 Å². The summed E-state index contributed by atoms with van der Waals surface area (Å²) in [5.41, 5.74) is 4.14. The number of hydrogen-bond donors (Lipinski definition) is 2. The predicted octanol–water partition coefficient (Wildman–Crippen LogP) is 3.42. The zero-order valence-corrected chi connectivity index (χ0v) is 15.0. The molecule has 6 nitrogen and oxygen atoms in total. The summed E-state index contributed by atoms with van der Waals surface area (Å²) < 4.78 is 23.4. The third-order valence-electron chi connectivity index (χ3n) is 4.09. The molecular formula is C18H25N3O3S. The monoisotopic (exact) mass is 363 g/mol. The minimum Gasteiger partial charge on any atom is -0.497 e. The van der Waals surface area contributed by atoms with E-state index in [0.717, 1.165) is 39.7 Å². The molecule has 1 aromatic carbocycles. The van der Waals surface area contributed by atoms with Gasteiger partial charge in [0.1, 0.15) is 11.5 Å². The molecule has 0 radical (unpaired) electrons. The molecule has 0 aliphatic carbocycles. The van der Waals surface area contributed by atoms with Crippen LogP contribution in [-0.4, -0.2) is 28.9 Å². The van der Waals surface area contributed by atoms with Crippen molar-refractivity contribution in [3.05, 3.63) is 41.2 Å². The van der Waals surface area contributed by atoms with Crippen LogP contribution >= 0.6 is 0 Å². The maximum Gasteiger partial charge on any atom is 0.175 e. The summed E-state index contributed by atoms with van der Waals surface area (Å²) in [6, 6.07) is 5.67. The molecule has 0 saturated carbocycles. The lowest BCUT2D eigenvalue weighted by Crippen LogP contribution is -2.29. The maximum atomic E-state index is 12.7. The van der Waals surface area contributed by atoms with E-state index in [9.17, 15) is 4.21 Å². The van der Waals surface area contributed by atoms with E-state index in [4.69, 9.17) is 9.47 Å². The average Bonchev–Trinajstić information content (AvgIpc) is 3.01. The highest BCUT2D eigenvalue weighted by atomic mass is 32.2. The van der Waals surface area contributed by atoms with Gasteiger partial charge in [-0.05, 0) is 26.0 Å². The first kappa shape index (κ1) is 19.1. The van der Waals surface area contributed by atoms with Gasteiger partial charge in [0.25, 0.3) is 0 Å². The molecule has 7 heteroatoms. The van der Waals surface area contributed by atoms with Gasteiger partial charge >= 0.3 is 0 Å². The van der Waals surface area contributed by atoms with Crippen LogP contribution in [0, 0.1) is 13.8 Å². The molecule has 1 aromatic heterocycles. The fourth-order valence-electron chi connectivity index (χ4n) is 2.78. The van der Waals surface area contributed by atoms with Crippen molar-refractivity contribution < 1.29 is 13.7 Å². The molecule has 0 bridgehead atoms. The number of ether oxygens (including phenoxy) is 2. The van der Waals surface area contributed by atoms with Gasteiger partial charge in [0.05, 0.1) is 47.8 Å². The molecule has 0 saturated heterocycles. The van der Waals surface area contributed by atoms with Crippen LogP contribution in [0.3, 0.4) is 0 Å². The Bertz CT molecular complexity index is 795. The van der Waals surface area contributed by atoms with Gasteiger partial charge in [0.2, 0.25) is 0 Å². The smallest absolute Gasteiger partial charge is 0.175 e. The van der Waals surface area contributed by atoms with Crippen LogP contribution < -0.4 is 20.1 Å². The molecule has 2 N–H and O–H groups in total. The van der Waals surface area contributed by atoms with Crippen molar-refractivity contribution in [2.45, 2.75) is 32.5 Å². The molecule has 25 heavy (non-hydrogen) atoms. The van der Waals surface area contributed by atoms with Gasteiger partial charge in [-0.3, -0.25) is 9.19 Å². The zero-order chi connectivity index (χ0) is 17.3. The minimum atomic E-state index is -1.19. The highest BCUT2D eigenvalue weighted by molar-refractivity contribution is 7.85. The second kappa shape index (κ2) is 7.74. The van der Waals surface area contributed by atoms with Gasteiger partial charge in [0, 0.05) is 23.4 Å². The Labute approximate surface area is 151 Å². The number of rotatable bonds is 5. The number of nitrogens with zero attached hydrogens (tertiary/aromatic N) is 1. The zero-order valence-electron chi connectivity index (χ0n) is 14.2. The first-order valence-corrected chi connectivity index (χ1v) is 8.99. The molecule has 1 aliphatic rings. The Balaban J connectivity index is 0.00000225. The molecule has 2 aromatic rings. The molecule has 2 heterocycles. The molecule has 3 rings (SSSR count). The topological polar surface area (TPSA) is 72.5 Å². The number of nitrogens with one attached hydrogen (secondary N) is 2. The summed E-state index contributed by atoms with van der Waals surface area (Å²) in [4.78, 5) is 4.43. The number of methoxy groups -OCH3 is 2. The fraction of sp³-hybridized carbons (Fsp3) is 0.389. The number of aromatic nitrogens is 1. The number of hydrogen-bond acceptors (Lipinski definition) is 6. The fourth-order valence-corrected chi connectivity index (χ4v) is 4.02. The van der Waals surface area contributed by atoms with E-state index >= 15 is 0 Å². The van der Waals surface area contributed by atoms with Crippen LogP contribution in [0.15, 0.2) is 24.4 Å². The van der Waals surface area contributed by atoms with E-state index in [2.05, 4.69) is 15.6 Å². The number of fused-ring (bicyclic) bond motifs is 1. The van der Waals surface area contributed by atoms with Crippen LogP contribution in [0.1, 0.15) is 24.2 Å². The third-order valence-corrected chi connectivity index (χ3v) is 5.41. The molecule has 136 valence electrons. The first-order chi connectivity index (χ1) is 11.5. The van der Waals surface area contributed by atoms with Crippen LogP contribution in [-0.2, 0) is 16.6 Å². The van der Waals surface area contributed by atoms with Gasteiger partial charge in [0.15, 0.2) is 5.50 Å². The molecule has 2 atom stereocenters. The normalized spacial score (nSPS) is 16.1. The maximum absolute atomic E-state index is 12.7. The molecule has 0 fully saturated rings. The van der Waals surface area contributed by atoms with Gasteiger partial charge in [-0.2, -0.15) is 0 Å². The summed E-state index contributed by atoms with van der Waals surface area (Å²) in [7, 11) is 2.07. The molecule has 2 unspecified atom stereocenters. The van der Waals surface area contributed by atoms with Crippen molar-refractivity contribution in [1.29, 1.82) is 0 Å². The minimum absolute atomic E-state index is 0. The van der Waals surface area contributed by atoms with Gasteiger partial charge in [-0.25, -0.2) is 0 Å². The Hall–Kier alpha value is -2.28. The van der Waals surface area contributed by atoms with E-state index in [1.807, 2.05) is 32.0 Å². The molecule has 1 aliphatic heterocycles. The lowest BCUT2D eigenvalue weighted by atomic mass is 10.1. The Morgan fingerprint density at radius 1 is 1.16 bits per heavy atom. The van der Waals surface area contributed by atoms with E-state index in [0.29, 0.717) is 5.75 Å². The number of anilines is 2. The van der Waals surface area contributed by atoms with Crippen LogP contribution in [0.25, 0.3) is 0 Å². The van der Waals surface area contributed by atoms with Crippen LogP contribution in [0.5, 0.6) is 11.5 Å². The number of pyridine rings is 1. The summed E-state index contributed by atoms with van der Waals surface area (Å²) in [5, 5.41) is 6.48. The van der Waals surface area contributed by atoms with E-state index < -0.39 is 10.8 Å². The van der Waals surface area contributed by atoms with E-state index in [1.54, 1.807) is 20.4 Å². The van der Waals surface area contributed by atoms with Crippen molar-refractivity contribution in [3.63, 3.8) is 0 Å². The van der Waals surface area contributed by atoms with Gasteiger partial charge < -0.3 is 20.1 Å². The quantitative estimate of drug-likeness (QED) is 0.848. The summed E-state index contributed by atoms with van der Waals surface area (Å²) >= 11 is 0. The predicted molar refractivity (Wildman–Crippen MR) is 103 cm³/mol. The van der Waals surface area contributed by atoms with Crippen molar-refractivity contribution in [1.82, 2.24) is 4.98 Å². The Morgan fingerprint density at radius 3 is 2.56 bits per heavy atom. The molecular weight excluding hydrogens is 338 g/mol. The first-order valence-electron chi connectivity index (χ1n) is 7.61. The molecule has 0 amide bonds. The summed E-state index contributed by atoms with van der Waals surface area (Å²) in [6.07, 6.45) is 1.76. The summed E-state index contributed by atoms with van der Waals surface area (Å²) in [5.74, 6) is 1.91. The van der Waals surface area contributed by atoms with Crippen molar-refractivity contribution in [2.75, 3.05) is 24.9 Å². The van der Waals surface area contributed by atoms with Crippen molar-refractivity contribution in [2.24, 2.45) is 0 Å². The second-order valence-electron chi connectivity index (χ2n) is 5.65.